The second-order valence-corrected chi connectivity index (χ2v) is 5.19. The molecule has 0 heterocycles. The molecular weight excluding hydrogens is 245 g/mol. The summed E-state index contributed by atoms with van der Waals surface area (Å²) in [5.41, 5.74) is -0.652. The van der Waals surface area contributed by atoms with Crippen molar-refractivity contribution in [1.29, 1.82) is 0 Å². The summed E-state index contributed by atoms with van der Waals surface area (Å²) in [4.78, 5) is 11.1. The first kappa shape index (κ1) is 15.6. The van der Waals surface area contributed by atoms with E-state index in [4.69, 9.17) is 9.84 Å². The molecule has 0 aromatic heterocycles. The number of carbonyl (C=O) groups is 1. The minimum atomic E-state index is -4.64. The zero-order valence-corrected chi connectivity index (χ0v) is 10.1. The predicted molar refractivity (Wildman–Crippen MR) is 55.2 cm³/mol. The van der Waals surface area contributed by atoms with Crippen LogP contribution in [0.1, 0.15) is 20.8 Å². The van der Waals surface area contributed by atoms with Crippen molar-refractivity contribution in [2.45, 2.75) is 38.7 Å². The Morgan fingerprint density at radius 1 is 1.38 bits per heavy atom. The maximum atomic E-state index is 11.9. The van der Waals surface area contributed by atoms with E-state index < -0.39 is 29.6 Å². The Hall–Kier alpha value is -0.430. The van der Waals surface area contributed by atoms with Gasteiger partial charge in [0.2, 0.25) is 0 Å². The van der Waals surface area contributed by atoms with E-state index >= 15 is 0 Å². The molecule has 16 heavy (non-hydrogen) atoms. The Labute approximate surface area is 96.3 Å². The molecule has 96 valence electrons. The van der Waals surface area contributed by atoms with Gasteiger partial charge < -0.3 is 9.84 Å². The predicted octanol–water partition coefficient (Wildman–Crippen LogP) is 1.98. The van der Waals surface area contributed by atoms with Crippen molar-refractivity contribution in [3.8, 4) is 0 Å². The maximum Gasteiger partial charge on any atom is 0.415 e. The first-order valence-electron chi connectivity index (χ1n) is 4.57. The van der Waals surface area contributed by atoms with Gasteiger partial charge in [-0.1, -0.05) is 0 Å². The van der Waals surface area contributed by atoms with Gasteiger partial charge in [0.25, 0.3) is 0 Å². The third kappa shape index (κ3) is 7.81. The highest BCUT2D eigenvalue weighted by Gasteiger charge is 2.37. The third-order valence-corrected chi connectivity index (χ3v) is 2.28. The van der Waals surface area contributed by atoms with Crippen LogP contribution >= 0.6 is 11.8 Å². The molecule has 0 amide bonds. The first-order valence-corrected chi connectivity index (χ1v) is 5.72. The fourth-order valence-electron chi connectivity index (χ4n) is 0.719. The number of aliphatic hydroxyl groups is 1. The molecule has 3 nitrogen and oxygen atoms in total. The number of hydrogen-bond donors (Lipinski definition) is 1. The molecule has 7 heteroatoms. The summed E-state index contributed by atoms with van der Waals surface area (Å²) < 4.78 is 40.5. The van der Waals surface area contributed by atoms with E-state index in [0.29, 0.717) is 11.8 Å². The summed E-state index contributed by atoms with van der Waals surface area (Å²) >= 11 is 0.692. The summed E-state index contributed by atoms with van der Waals surface area (Å²) in [6.45, 7) is 5.00. The van der Waals surface area contributed by atoms with Crippen molar-refractivity contribution in [3.63, 3.8) is 0 Å². The molecule has 0 aliphatic carbocycles. The summed E-state index contributed by atoms with van der Waals surface area (Å²) in [6.07, 6.45) is -7.04. The van der Waals surface area contributed by atoms with Crippen LogP contribution in [0.4, 0.5) is 13.2 Å². The van der Waals surface area contributed by atoms with Crippen LogP contribution in [0.2, 0.25) is 0 Å². The largest absolute Gasteiger partial charge is 0.459 e. The molecule has 0 aromatic carbocycles. The molecule has 0 fully saturated rings. The average molecular weight is 260 g/mol. The SMILES string of the molecule is CC(C)(C)OC(=O)CSCC(O)C(F)(F)F. The zero-order chi connectivity index (χ0) is 13.0. The lowest BCUT2D eigenvalue weighted by Crippen LogP contribution is -2.31. The van der Waals surface area contributed by atoms with Gasteiger partial charge in [0.15, 0.2) is 6.10 Å². The van der Waals surface area contributed by atoms with Crippen LogP contribution in [0.25, 0.3) is 0 Å². The molecule has 0 aromatic rings. The van der Waals surface area contributed by atoms with Crippen molar-refractivity contribution in [2.24, 2.45) is 0 Å². The summed E-state index contributed by atoms with van der Waals surface area (Å²) in [5.74, 6) is -1.36. The van der Waals surface area contributed by atoms with E-state index in [1.165, 1.54) is 0 Å². The third-order valence-electron chi connectivity index (χ3n) is 1.29. The van der Waals surface area contributed by atoms with E-state index in [1.807, 2.05) is 0 Å². The summed E-state index contributed by atoms with van der Waals surface area (Å²) in [6, 6.07) is 0. The Kier molecular flexibility index (Phi) is 5.61. The Bertz CT molecular complexity index is 235. The van der Waals surface area contributed by atoms with Crippen molar-refractivity contribution < 1.29 is 27.8 Å². The highest BCUT2D eigenvalue weighted by atomic mass is 32.2. The fraction of sp³-hybridized carbons (Fsp3) is 0.889. The van der Waals surface area contributed by atoms with E-state index in [9.17, 15) is 18.0 Å². The molecule has 1 unspecified atom stereocenters. The van der Waals surface area contributed by atoms with Gasteiger partial charge in [-0.2, -0.15) is 13.2 Å². The lowest BCUT2D eigenvalue weighted by molar-refractivity contribution is -0.195. The van der Waals surface area contributed by atoms with Crippen LogP contribution < -0.4 is 0 Å². The van der Waals surface area contributed by atoms with Gasteiger partial charge in [0.1, 0.15) is 5.60 Å². The number of alkyl halides is 3. The van der Waals surface area contributed by atoms with E-state index in [2.05, 4.69) is 0 Å². The van der Waals surface area contributed by atoms with Gasteiger partial charge in [-0.15, -0.1) is 11.8 Å². The van der Waals surface area contributed by atoms with E-state index in [1.54, 1.807) is 20.8 Å². The molecule has 0 aliphatic heterocycles. The molecule has 0 rings (SSSR count). The highest BCUT2D eigenvalue weighted by Crippen LogP contribution is 2.23. The molecule has 0 saturated heterocycles. The number of ether oxygens (including phenoxy) is 1. The van der Waals surface area contributed by atoms with Gasteiger partial charge in [0, 0.05) is 5.75 Å². The zero-order valence-electron chi connectivity index (χ0n) is 9.30. The van der Waals surface area contributed by atoms with Gasteiger partial charge in [-0.3, -0.25) is 4.79 Å². The van der Waals surface area contributed by atoms with Gasteiger partial charge in [-0.25, -0.2) is 0 Å². The molecule has 0 bridgehead atoms. The number of thioether (sulfide) groups is 1. The smallest absolute Gasteiger partial charge is 0.415 e. The fourth-order valence-corrected chi connectivity index (χ4v) is 1.48. The van der Waals surface area contributed by atoms with Crippen molar-refractivity contribution in [1.82, 2.24) is 0 Å². The van der Waals surface area contributed by atoms with E-state index in [-0.39, 0.29) is 5.75 Å². The lowest BCUT2D eigenvalue weighted by atomic mass is 10.2. The second-order valence-electron chi connectivity index (χ2n) is 4.16. The Morgan fingerprint density at radius 3 is 2.25 bits per heavy atom. The van der Waals surface area contributed by atoms with Gasteiger partial charge in [0.05, 0.1) is 5.75 Å². The van der Waals surface area contributed by atoms with Crippen LogP contribution in [0.15, 0.2) is 0 Å². The molecular formula is C9H15F3O3S. The van der Waals surface area contributed by atoms with Crippen LogP contribution in [0, 0.1) is 0 Å². The average Bonchev–Trinajstić information content (AvgIpc) is 1.98. The highest BCUT2D eigenvalue weighted by molar-refractivity contribution is 7.99. The number of esters is 1. The summed E-state index contributed by atoms with van der Waals surface area (Å²) in [5, 5.41) is 8.63. The molecule has 0 radical (unpaired) electrons. The topological polar surface area (TPSA) is 46.5 Å². The van der Waals surface area contributed by atoms with Crippen LogP contribution in [-0.4, -0.2) is 40.5 Å². The molecule has 1 atom stereocenters. The Morgan fingerprint density at radius 2 is 1.88 bits per heavy atom. The molecule has 0 aliphatic rings. The van der Waals surface area contributed by atoms with Crippen molar-refractivity contribution >= 4 is 17.7 Å². The lowest BCUT2D eigenvalue weighted by Gasteiger charge is -2.19. The number of halogens is 3. The minimum Gasteiger partial charge on any atom is -0.459 e. The van der Waals surface area contributed by atoms with Crippen molar-refractivity contribution in [3.05, 3.63) is 0 Å². The number of aliphatic hydroxyl groups excluding tert-OH is 1. The van der Waals surface area contributed by atoms with Gasteiger partial charge >= 0.3 is 12.1 Å². The standard InChI is InChI=1S/C9H15F3O3S/c1-8(2,3)15-7(14)5-16-4-6(13)9(10,11)12/h6,13H,4-5H2,1-3H3. The normalized spacial score (nSPS) is 14.7. The van der Waals surface area contributed by atoms with E-state index in [0.717, 1.165) is 0 Å². The summed E-state index contributed by atoms with van der Waals surface area (Å²) in [7, 11) is 0. The molecule has 1 N–H and O–H groups in total. The maximum absolute atomic E-state index is 11.9. The van der Waals surface area contributed by atoms with Crippen LogP contribution in [0.5, 0.6) is 0 Å². The Balaban J connectivity index is 3.79. The monoisotopic (exact) mass is 260 g/mol. The number of rotatable bonds is 4. The number of carbonyl (C=O) groups excluding carboxylic acids is 1. The molecule has 0 saturated carbocycles. The van der Waals surface area contributed by atoms with Gasteiger partial charge in [-0.05, 0) is 20.8 Å². The number of hydrogen-bond acceptors (Lipinski definition) is 4. The molecule has 0 spiro atoms. The second kappa shape index (κ2) is 5.77. The van der Waals surface area contributed by atoms with Crippen LogP contribution in [-0.2, 0) is 9.53 Å². The van der Waals surface area contributed by atoms with Crippen LogP contribution in [0.3, 0.4) is 0 Å². The quantitative estimate of drug-likeness (QED) is 0.785. The minimum absolute atomic E-state index is 0.204. The van der Waals surface area contributed by atoms with Crippen molar-refractivity contribution in [2.75, 3.05) is 11.5 Å². The first-order chi connectivity index (χ1) is 7.02.